The number of fused-ring (bicyclic) bond motifs is 1. The van der Waals surface area contributed by atoms with E-state index in [4.69, 9.17) is 4.99 Å². The fourth-order valence-electron chi connectivity index (χ4n) is 3.12. The van der Waals surface area contributed by atoms with E-state index in [0.29, 0.717) is 0 Å². The average molecular weight is 473 g/mol. The lowest BCUT2D eigenvalue weighted by Gasteiger charge is -2.39. The summed E-state index contributed by atoms with van der Waals surface area (Å²) in [6, 6.07) is 4.11. The number of thioether (sulfide) groups is 1. The maximum Gasteiger partial charge on any atom is 0.193 e. The number of H-pyrrole nitrogens is 1. The van der Waals surface area contributed by atoms with Crippen LogP contribution >= 0.6 is 35.7 Å². The quantitative estimate of drug-likeness (QED) is 0.406. The third kappa shape index (κ3) is 5.26. The highest BCUT2D eigenvalue weighted by Gasteiger charge is 2.28. The molecule has 138 valence electrons. The molecule has 0 radical (unpaired) electrons. The van der Waals surface area contributed by atoms with Gasteiger partial charge in [-0.1, -0.05) is 0 Å². The smallest absolute Gasteiger partial charge is 0.193 e. The van der Waals surface area contributed by atoms with Gasteiger partial charge in [0.2, 0.25) is 0 Å². The highest BCUT2D eigenvalue weighted by atomic mass is 127. The van der Waals surface area contributed by atoms with Gasteiger partial charge in [0, 0.05) is 54.5 Å². The molecule has 2 aromatic heterocycles. The Hall–Kier alpha value is -0.960. The first kappa shape index (κ1) is 20.4. The highest BCUT2D eigenvalue weighted by Crippen LogP contribution is 2.29. The van der Waals surface area contributed by atoms with E-state index in [1.54, 1.807) is 0 Å². The fraction of sp³-hybridized carbons (Fsp3) is 0.556. The molecule has 7 heteroatoms. The van der Waals surface area contributed by atoms with Gasteiger partial charge in [-0.3, -0.25) is 4.99 Å². The molecule has 3 heterocycles. The standard InChI is InChI=1S/C18H27N5S.HI/c1-4-19-17(23-10-11-24-18(2,3)13-23)21-9-7-14-12-22-16-15(14)6-5-8-20-16;/h5-6,8,12H,4,7,9-11,13H2,1-3H3,(H,19,21)(H,20,22);1H. The Kier molecular flexibility index (Phi) is 7.42. The van der Waals surface area contributed by atoms with E-state index in [2.05, 4.69) is 53.2 Å². The van der Waals surface area contributed by atoms with Crippen LogP contribution in [-0.4, -0.2) is 57.5 Å². The second-order valence-corrected chi connectivity index (χ2v) is 8.53. The number of aromatic nitrogens is 2. The monoisotopic (exact) mass is 473 g/mol. The molecule has 5 nitrogen and oxygen atoms in total. The van der Waals surface area contributed by atoms with E-state index in [1.165, 1.54) is 10.9 Å². The second kappa shape index (κ2) is 9.12. The van der Waals surface area contributed by atoms with E-state index in [0.717, 1.165) is 50.0 Å². The predicted octanol–water partition coefficient (Wildman–Crippen LogP) is 3.52. The van der Waals surface area contributed by atoms with Gasteiger partial charge in [-0.15, -0.1) is 24.0 Å². The summed E-state index contributed by atoms with van der Waals surface area (Å²) >= 11 is 2.05. The van der Waals surface area contributed by atoms with Crippen LogP contribution in [0.5, 0.6) is 0 Å². The number of rotatable bonds is 4. The lowest BCUT2D eigenvalue weighted by Crippen LogP contribution is -2.51. The zero-order chi connectivity index (χ0) is 17.0. The van der Waals surface area contributed by atoms with E-state index in [1.807, 2.05) is 24.0 Å². The van der Waals surface area contributed by atoms with Crippen molar-refractivity contribution in [2.24, 2.45) is 4.99 Å². The Morgan fingerprint density at radius 2 is 2.32 bits per heavy atom. The van der Waals surface area contributed by atoms with E-state index in [-0.39, 0.29) is 28.7 Å². The van der Waals surface area contributed by atoms with Gasteiger partial charge in [0.15, 0.2) is 5.96 Å². The van der Waals surface area contributed by atoms with Crippen molar-refractivity contribution in [3.8, 4) is 0 Å². The first-order chi connectivity index (χ1) is 11.6. The zero-order valence-corrected chi connectivity index (χ0v) is 18.4. The molecule has 1 aliphatic rings. The summed E-state index contributed by atoms with van der Waals surface area (Å²) in [5.41, 5.74) is 2.24. The minimum atomic E-state index is 0. The molecule has 2 aromatic rings. The summed E-state index contributed by atoms with van der Waals surface area (Å²) in [4.78, 5) is 14.9. The largest absolute Gasteiger partial charge is 0.357 e. The van der Waals surface area contributed by atoms with Crippen LogP contribution in [0.4, 0.5) is 0 Å². The average Bonchev–Trinajstić information content (AvgIpc) is 2.96. The Morgan fingerprint density at radius 1 is 1.48 bits per heavy atom. The van der Waals surface area contributed by atoms with Gasteiger partial charge in [0.1, 0.15) is 5.65 Å². The van der Waals surface area contributed by atoms with Crippen molar-refractivity contribution in [1.82, 2.24) is 20.2 Å². The summed E-state index contributed by atoms with van der Waals surface area (Å²) in [6.07, 6.45) is 4.80. The number of aliphatic imine (C=N–C) groups is 1. The number of nitrogens with zero attached hydrogens (tertiary/aromatic N) is 3. The van der Waals surface area contributed by atoms with E-state index >= 15 is 0 Å². The van der Waals surface area contributed by atoms with Crippen LogP contribution in [0.15, 0.2) is 29.5 Å². The van der Waals surface area contributed by atoms with Crippen LogP contribution in [0.2, 0.25) is 0 Å². The Morgan fingerprint density at radius 3 is 3.08 bits per heavy atom. The molecular formula is C18H28IN5S. The number of aromatic amines is 1. The maximum atomic E-state index is 4.87. The molecule has 0 saturated carbocycles. The molecule has 3 rings (SSSR count). The van der Waals surface area contributed by atoms with Crippen molar-refractivity contribution in [3.63, 3.8) is 0 Å². The second-order valence-electron chi connectivity index (χ2n) is 6.73. The first-order valence-electron chi connectivity index (χ1n) is 8.67. The van der Waals surface area contributed by atoms with Crippen molar-refractivity contribution < 1.29 is 0 Å². The lowest BCUT2D eigenvalue weighted by molar-refractivity contribution is 0.376. The van der Waals surface area contributed by atoms with E-state index < -0.39 is 0 Å². The molecule has 0 aromatic carbocycles. The third-order valence-corrected chi connectivity index (χ3v) is 5.54. The number of hydrogen-bond donors (Lipinski definition) is 2. The summed E-state index contributed by atoms with van der Waals surface area (Å²) in [6.45, 7) is 10.6. The predicted molar refractivity (Wildman–Crippen MR) is 119 cm³/mol. The van der Waals surface area contributed by atoms with Crippen molar-refractivity contribution in [2.45, 2.75) is 31.9 Å². The molecule has 0 spiro atoms. The summed E-state index contributed by atoms with van der Waals surface area (Å²) in [5, 5.41) is 4.66. The number of nitrogens with one attached hydrogen (secondary N) is 2. The van der Waals surface area contributed by atoms with Gasteiger partial charge in [-0.2, -0.15) is 11.8 Å². The van der Waals surface area contributed by atoms with Gasteiger partial charge in [0.05, 0.1) is 0 Å². The first-order valence-corrected chi connectivity index (χ1v) is 9.66. The molecule has 25 heavy (non-hydrogen) atoms. The summed E-state index contributed by atoms with van der Waals surface area (Å²) in [7, 11) is 0. The molecule has 2 N–H and O–H groups in total. The van der Waals surface area contributed by atoms with E-state index in [9.17, 15) is 0 Å². The van der Waals surface area contributed by atoms with Gasteiger partial charge in [-0.25, -0.2) is 4.98 Å². The lowest BCUT2D eigenvalue weighted by atomic mass is 10.1. The molecule has 0 atom stereocenters. The van der Waals surface area contributed by atoms with Gasteiger partial charge in [0.25, 0.3) is 0 Å². The topological polar surface area (TPSA) is 56.3 Å². The van der Waals surface area contributed by atoms with Crippen molar-refractivity contribution >= 4 is 52.7 Å². The molecule has 0 amide bonds. The van der Waals surface area contributed by atoms with Gasteiger partial charge >= 0.3 is 0 Å². The van der Waals surface area contributed by atoms with Gasteiger partial charge in [-0.05, 0) is 44.9 Å². The maximum absolute atomic E-state index is 4.87. The van der Waals surface area contributed by atoms with Gasteiger partial charge < -0.3 is 15.2 Å². The van der Waals surface area contributed by atoms with Crippen LogP contribution < -0.4 is 5.32 Å². The minimum absolute atomic E-state index is 0. The van der Waals surface area contributed by atoms with Crippen molar-refractivity contribution in [1.29, 1.82) is 0 Å². The number of hydrogen-bond acceptors (Lipinski definition) is 3. The third-order valence-electron chi connectivity index (χ3n) is 4.24. The normalized spacial score (nSPS) is 17.4. The molecule has 1 saturated heterocycles. The van der Waals surface area contributed by atoms with Crippen LogP contribution in [0.1, 0.15) is 26.3 Å². The molecule has 1 fully saturated rings. The summed E-state index contributed by atoms with van der Waals surface area (Å²) in [5.74, 6) is 2.20. The molecule has 0 bridgehead atoms. The fourth-order valence-corrected chi connectivity index (χ4v) is 4.24. The summed E-state index contributed by atoms with van der Waals surface area (Å²) < 4.78 is 0.289. The Balaban J connectivity index is 0.00000225. The SMILES string of the molecule is CCNC(=NCCc1c[nH]c2ncccc12)N1CCSC(C)(C)C1.I. The van der Waals surface area contributed by atoms with Crippen LogP contribution in [0, 0.1) is 0 Å². The van der Waals surface area contributed by atoms with Crippen molar-refractivity contribution in [3.05, 3.63) is 30.1 Å². The molecule has 1 aliphatic heterocycles. The molecular weight excluding hydrogens is 445 g/mol. The minimum Gasteiger partial charge on any atom is -0.357 e. The van der Waals surface area contributed by atoms with Crippen LogP contribution in [0.3, 0.4) is 0 Å². The molecule has 0 aliphatic carbocycles. The number of pyridine rings is 1. The Bertz CT molecular complexity index is 712. The van der Waals surface area contributed by atoms with Crippen LogP contribution in [-0.2, 0) is 6.42 Å². The Labute approximate surface area is 171 Å². The highest BCUT2D eigenvalue weighted by molar-refractivity contribution is 14.0. The van der Waals surface area contributed by atoms with Crippen molar-refractivity contribution in [2.75, 3.05) is 31.9 Å². The zero-order valence-electron chi connectivity index (χ0n) is 15.2. The number of guanidine groups is 1. The number of halogens is 1. The van der Waals surface area contributed by atoms with Crippen LogP contribution in [0.25, 0.3) is 11.0 Å². The molecule has 0 unspecified atom stereocenters.